The van der Waals surface area contributed by atoms with E-state index in [1.165, 1.54) is 52.0 Å². The maximum absolute atomic E-state index is 8.65. The predicted molar refractivity (Wildman–Crippen MR) is 75.5 cm³/mol. The van der Waals surface area contributed by atoms with E-state index in [-0.39, 0.29) is 6.61 Å². The maximum atomic E-state index is 8.65. The van der Waals surface area contributed by atoms with Crippen molar-refractivity contribution in [2.75, 3.05) is 59.1 Å². The number of ether oxygens (including phenoxy) is 1. The molecule has 1 saturated heterocycles. The van der Waals surface area contributed by atoms with Crippen LogP contribution in [0.3, 0.4) is 0 Å². The van der Waals surface area contributed by atoms with Crippen molar-refractivity contribution in [3.63, 3.8) is 0 Å². The van der Waals surface area contributed by atoms with Crippen molar-refractivity contribution in [1.29, 1.82) is 0 Å². The average molecular weight is 270 g/mol. The Morgan fingerprint density at radius 2 is 1.84 bits per heavy atom. The van der Waals surface area contributed by atoms with E-state index in [1.54, 1.807) is 9.80 Å². The second-order valence-corrected chi connectivity index (χ2v) is 5.94. The van der Waals surface area contributed by atoms with Gasteiger partial charge in [0.15, 0.2) is 0 Å². The number of hydrogen-bond donors (Lipinski definition) is 3. The molecule has 0 aromatic heterocycles. The van der Waals surface area contributed by atoms with Gasteiger partial charge in [-0.25, -0.2) is 0 Å². The largest absolute Gasteiger partial charge is 0.394 e. The van der Waals surface area contributed by atoms with Crippen molar-refractivity contribution in [2.24, 2.45) is 5.92 Å². The van der Waals surface area contributed by atoms with Gasteiger partial charge in [-0.3, -0.25) is 0 Å². The quantitative estimate of drug-likeness (QED) is 0.375. The van der Waals surface area contributed by atoms with Crippen LogP contribution in [0.15, 0.2) is 12.2 Å². The van der Waals surface area contributed by atoms with Gasteiger partial charge < -0.3 is 19.6 Å². The maximum Gasteiger partial charge on any atom is 0.127 e. The summed E-state index contributed by atoms with van der Waals surface area (Å²) < 4.78 is 5.35. The topological polar surface area (TPSA) is 38.3 Å². The molecular formula is C15H30N2O2+2. The summed E-state index contributed by atoms with van der Waals surface area (Å²) in [7, 11) is 0. The van der Waals surface area contributed by atoms with E-state index in [1.807, 2.05) is 0 Å². The van der Waals surface area contributed by atoms with Crippen molar-refractivity contribution in [3.8, 4) is 0 Å². The fourth-order valence-corrected chi connectivity index (χ4v) is 3.24. The number of hydrogen-bond acceptors (Lipinski definition) is 2. The van der Waals surface area contributed by atoms with Gasteiger partial charge in [0.1, 0.15) is 32.7 Å². The summed E-state index contributed by atoms with van der Waals surface area (Å²) in [6.45, 7) is 9.07. The lowest BCUT2D eigenvalue weighted by Gasteiger charge is -2.32. The normalized spacial score (nSPS) is 31.5. The first-order chi connectivity index (χ1) is 9.38. The molecule has 0 amide bonds. The Morgan fingerprint density at radius 1 is 1.05 bits per heavy atom. The van der Waals surface area contributed by atoms with Gasteiger partial charge in [-0.15, -0.1) is 0 Å². The summed E-state index contributed by atoms with van der Waals surface area (Å²) in [5.74, 6) is 0.925. The molecule has 2 rings (SSSR count). The number of quaternary nitrogens is 2. The molecule has 0 unspecified atom stereocenters. The van der Waals surface area contributed by atoms with E-state index in [9.17, 15) is 0 Å². The molecule has 4 nitrogen and oxygen atoms in total. The third-order valence-electron chi connectivity index (χ3n) is 4.45. The number of rotatable bonds is 7. The van der Waals surface area contributed by atoms with E-state index in [2.05, 4.69) is 12.2 Å². The van der Waals surface area contributed by atoms with Gasteiger partial charge in [-0.2, -0.15) is 0 Å². The number of aliphatic hydroxyl groups excluding tert-OH is 1. The highest BCUT2D eigenvalue weighted by Gasteiger charge is 2.25. The van der Waals surface area contributed by atoms with Crippen LogP contribution in [0.2, 0.25) is 0 Å². The third kappa shape index (κ3) is 5.61. The monoisotopic (exact) mass is 270 g/mol. The minimum absolute atomic E-state index is 0.142. The molecule has 0 bridgehead atoms. The second kappa shape index (κ2) is 8.69. The summed E-state index contributed by atoms with van der Waals surface area (Å²) in [6.07, 6.45) is 8.69. The van der Waals surface area contributed by atoms with E-state index < -0.39 is 0 Å². The van der Waals surface area contributed by atoms with Crippen LogP contribution in [-0.4, -0.2) is 64.2 Å². The first kappa shape index (κ1) is 15.0. The Kier molecular flexibility index (Phi) is 6.85. The molecule has 0 aromatic rings. The predicted octanol–water partition coefficient (Wildman–Crippen LogP) is -1.86. The third-order valence-corrected chi connectivity index (χ3v) is 4.45. The Balaban J connectivity index is 1.55. The zero-order valence-corrected chi connectivity index (χ0v) is 12.1. The molecule has 1 heterocycles. The average Bonchev–Trinajstić information content (AvgIpc) is 2.46. The number of aliphatic hydroxyl groups is 1. The Labute approximate surface area is 117 Å². The van der Waals surface area contributed by atoms with Gasteiger partial charge in [0.2, 0.25) is 0 Å². The number of allylic oxidation sites excluding steroid dienone is 2. The van der Waals surface area contributed by atoms with Crippen LogP contribution in [0.4, 0.5) is 0 Å². The van der Waals surface area contributed by atoms with Gasteiger partial charge in [0, 0.05) is 5.92 Å². The molecule has 1 atom stereocenters. The summed E-state index contributed by atoms with van der Waals surface area (Å²) in [6, 6.07) is 0. The zero-order chi connectivity index (χ0) is 13.3. The smallest absolute Gasteiger partial charge is 0.127 e. The fraction of sp³-hybridized carbons (Fsp3) is 0.867. The molecule has 4 heteroatoms. The Hall–Kier alpha value is -0.420. The van der Waals surface area contributed by atoms with E-state index in [0.29, 0.717) is 6.61 Å². The van der Waals surface area contributed by atoms with Crippen molar-refractivity contribution < 1.29 is 19.6 Å². The van der Waals surface area contributed by atoms with Crippen molar-refractivity contribution >= 4 is 0 Å². The van der Waals surface area contributed by atoms with Crippen molar-refractivity contribution in [2.45, 2.75) is 19.3 Å². The minimum atomic E-state index is 0.142. The lowest BCUT2D eigenvalue weighted by atomic mass is 9.94. The SMILES string of the molecule is OCCOCC[NH+]1CC[NH+](C[C@H]2CC=CCC2)CC1. The number of nitrogens with one attached hydrogen (secondary N) is 2. The van der Waals surface area contributed by atoms with Gasteiger partial charge in [0.05, 0.1) is 26.4 Å². The highest BCUT2D eigenvalue weighted by atomic mass is 16.5. The number of piperazine rings is 1. The first-order valence-corrected chi connectivity index (χ1v) is 7.89. The molecule has 0 saturated carbocycles. The van der Waals surface area contributed by atoms with Crippen LogP contribution in [0.1, 0.15) is 19.3 Å². The van der Waals surface area contributed by atoms with E-state index in [0.717, 1.165) is 19.1 Å². The minimum Gasteiger partial charge on any atom is -0.394 e. The molecule has 1 fully saturated rings. The molecule has 0 radical (unpaired) electrons. The summed E-state index contributed by atoms with van der Waals surface area (Å²) in [5.41, 5.74) is 0. The molecule has 19 heavy (non-hydrogen) atoms. The van der Waals surface area contributed by atoms with Gasteiger partial charge >= 0.3 is 0 Å². The lowest BCUT2D eigenvalue weighted by molar-refractivity contribution is -1.01. The van der Waals surface area contributed by atoms with Crippen LogP contribution in [-0.2, 0) is 4.74 Å². The standard InChI is InChI=1S/C15H28N2O2/c18-11-13-19-12-10-16-6-8-17(9-7-16)14-15-4-2-1-3-5-15/h1-2,15,18H,3-14H2/p+2/t15-/m0/s1. The highest BCUT2D eigenvalue weighted by molar-refractivity contribution is 4.89. The molecule has 2 aliphatic rings. The Bertz CT molecular complexity index is 263. The second-order valence-electron chi connectivity index (χ2n) is 5.94. The van der Waals surface area contributed by atoms with Crippen LogP contribution >= 0.6 is 0 Å². The van der Waals surface area contributed by atoms with Crippen molar-refractivity contribution in [1.82, 2.24) is 0 Å². The van der Waals surface area contributed by atoms with Gasteiger partial charge in [-0.1, -0.05) is 12.2 Å². The lowest BCUT2D eigenvalue weighted by Crippen LogP contribution is -3.28. The molecule has 1 aliphatic carbocycles. The van der Waals surface area contributed by atoms with Gasteiger partial charge in [0.25, 0.3) is 0 Å². The van der Waals surface area contributed by atoms with Crippen LogP contribution < -0.4 is 9.80 Å². The van der Waals surface area contributed by atoms with Crippen LogP contribution in [0.25, 0.3) is 0 Å². The van der Waals surface area contributed by atoms with E-state index >= 15 is 0 Å². The summed E-state index contributed by atoms with van der Waals surface area (Å²) in [5, 5.41) is 8.65. The van der Waals surface area contributed by atoms with E-state index in [4.69, 9.17) is 9.84 Å². The Morgan fingerprint density at radius 3 is 2.53 bits per heavy atom. The fourth-order valence-electron chi connectivity index (χ4n) is 3.24. The van der Waals surface area contributed by atoms with Gasteiger partial charge in [-0.05, 0) is 19.3 Å². The molecular weight excluding hydrogens is 240 g/mol. The molecule has 110 valence electrons. The summed E-state index contributed by atoms with van der Waals surface area (Å²) in [4.78, 5) is 3.48. The zero-order valence-electron chi connectivity index (χ0n) is 12.1. The first-order valence-electron chi connectivity index (χ1n) is 7.89. The molecule has 1 aliphatic heterocycles. The van der Waals surface area contributed by atoms with Crippen LogP contribution in [0, 0.1) is 5.92 Å². The van der Waals surface area contributed by atoms with Crippen LogP contribution in [0.5, 0.6) is 0 Å². The highest BCUT2D eigenvalue weighted by Crippen LogP contribution is 2.15. The summed E-state index contributed by atoms with van der Waals surface area (Å²) >= 11 is 0. The van der Waals surface area contributed by atoms with Crippen molar-refractivity contribution in [3.05, 3.63) is 12.2 Å². The molecule has 3 N–H and O–H groups in total. The molecule has 0 aromatic carbocycles. The molecule has 0 spiro atoms.